The molecule has 2 rings (SSSR count). The molecule has 2 amide bonds. The minimum Gasteiger partial charge on any atom is -0.480 e. The smallest absolute Gasteiger partial charge is 0.326 e. The fraction of sp³-hybridized carbons (Fsp3) is 0.571. The molecule has 0 bridgehead atoms. The Kier molecular flexibility index (Phi) is 5.47. The predicted molar refractivity (Wildman–Crippen MR) is 82.8 cm³/mol. The molecule has 1 aliphatic heterocycles. The first-order valence-corrected chi connectivity index (χ1v) is 8.17. The molecule has 1 fully saturated rings. The Morgan fingerprint density at radius 3 is 2.81 bits per heavy atom. The van der Waals surface area contributed by atoms with E-state index in [0.717, 1.165) is 24.1 Å². The van der Waals surface area contributed by atoms with Crippen molar-refractivity contribution in [2.45, 2.75) is 38.3 Å². The minimum absolute atomic E-state index is 0.228. The number of urea groups is 1. The van der Waals surface area contributed by atoms with E-state index in [9.17, 15) is 14.7 Å². The highest BCUT2D eigenvalue weighted by Gasteiger charge is 2.32. The van der Waals surface area contributed by atoms with Crippen molar-refractivity contribution >= 4 is 34.9 Å². The summed E-state index contributed by atoms with van der Waals surface area (Å²) in [7, 11) is 1.69. The van der Waals surface area contributed by atoms with Crippen molar-refractivity contribution in [1.82, 2.24) is 9.80 Å². The molecule has 1 aromatic heterocycles. The summed E-state index contributed by atoms with van der Waals surface area (Å²) < 4.78 is 0.684. The number of likely N-dealkylation sites (tertiary alicyclic amines) is 1. The number of halogens is 1. The van der Waals surface area contributed by atoms with Crippen LogP contribution in [0.15, 0.2) is 12.1 Å². The summed E-state index contributed by atoms with van der Waals surface area (Å²) in [6.07, 6.45) is 3.21. The number of thiophene rings is 1. The maximum Gasteiger partial charge on any atom is 0.326 e. The summed E-state index contributed by atoms with van der Waals surface area (Å²) in [5, 5.41) is 9.33. The number of hydrogen-bond acceptors (Lipinski definition) is 3. The summed E-state index contributed by atoms with van der Waals surface area (Å²) in [6.45, 7) is 0.949. The highest BCUT2D eigenvalue weighted by atomic mass is 35.5. The highest BCUT2D eigenvalue weighted by Crippen LogP contribution is 2.24. The Morgan fingerprint density at radius 1 is 1.43 bits per heavy atom. The van der Waals surface area contributed by atoms with Gasteiger partial charge in [-0.3, -0.25) is 0 Å². The van der Waals surface area contributed by atoms with Gasteiger partial charge in [0.05, 0.1) is 10.9 Å². The van der Waals surface area contributed by atoms with Crippen molar-refractivity contribution in [1.29, 1.82) is 0 Å². The third-order valence-corrected chi connectivity index (χ3v) is 4.85. The minimum atomic E-state index is -0.919. The highest BCUT2D eigenvalue weighted by molar-refractivity contribution is 7.16. The van der Waals surface area contributed by atoms with Gasteiger partial charge in [0.1, 0.15) is 6.04 Å². The maximum atomic E-state index is 12.5. The molecule has 5 nitrogen and oxygen atoms in total. The molecule has 7 heteroatoms. The molecule has 116 valence electrons. The molecule has 21 heavy (non-hydrogen) atoms. The quantitative estimate of drug-likeness (QED) is 0.925. The first kappa shape index (κ1) is 16.1. The topological polar surface area (TPSA) is 60.9 Å². The Labute approximate surface area is 133 Å². The second-order valence-corrected chi connectivity index (χ2v) is 7.04. The zero-order valence-corrected chi connectivity index (χ0v) is 13.5. The van der Waals surface area contributed by atoms with Crippen LogP contribution in [0.1, 0.15) is 30.6 Å². The monoisotopic (exact) mass is 330 g/mol. The Hall–Kier alpha value is -1.27. The van der Waals surface area contributed by atoms with Crippen molar-refractivity contribution in [3.63, 3.8) is 0 Å². The fourth-order valence-electron chi connectivity index (χ4n) is 2.55. The van der Waals surface area contributed by atoms with Crippen molar-refractivity contribution in [3.05, 3.63) is 21.3 Å². The van der Waals surface area contributed by atoms with Crippen molar-refractivity contribution in [3.8, 4) is 0 Å². The molecule has 1 aromatic rings. The van der Waals surface area contributed by atoms with Gasteiger partial charge in [-0.2, -0.15) is 0 Å². The third kappa shape index (κ3) is 4.11. The lowest BCUT2D eigenvalue weighted by Gasteiger charge is -2.31. The molecule has 0 aromatic carbocycles. The number of aliphatic carboxylic acids is 1. The van der Waals surface area contributed by atoms with E-state index in [1.807, 2.05) is 6.07 Å². The van der Waals surface area contributed by atoms with Crippen LogP contribution in [0.4, 0.5) is 4.79 Å². The summed E-state index contributed by atoms with van der Waals surface area (Å²) in [6, 6.07) is 2.74. The van der Waals surface area contributed by atoms with E-state index in [4.69, 9.17) is 11.6 Å². The zero-order valence-electron chi connectivity index (χ0n) is 11.9. The van der Waals surface area contributed by atoms with Crippen LogP contribution < -0.4 is 0 Å². The van der Waals surface area contributed by atoms with E-state index in [1.165, 1.54) is 16.2 Å². The van der Waals surface area contributed by atoms with E-state index < -0.39 is 12.0 Å². The molecule has 0 aliphatic carbocycles. The molecule has 2 heterocycles. The Bertz CT molecular complexity index is 520. The van der Waals surface area contributed by atoms with Gasteiger partial charge < -0.3 is 14.9 Å². The number of carbonyl (C=O) groups is 2. The summed E-state index contributed by atoms with van der Waals surface area (Å²) in [4.78, 5) is 27.9. The molecule has 1 N–H and O–H groups in total. The van der Waals surface area contributed by atoms with Crippen LogP contribution in [0.3, 0.4) is 0 Å². The third-order valence-electron chi connectivity index (χ3n) is 3.63. The van der Waals surface area contributed by atoms with Gasteiger partial charge in [-0.15, -0.1) is 11.3 Å². The largest absolute Gasteiger partial charge is 0.480 e. The molecular formula is C14H19ClN2O3S. The number of nitrogens with zero attached hydrogens (tertiary/aromatic N) is 2. The Morgan fingerprint density at radius 2 is 2.19 bits per heavy atom. The Balaban J connectivity index is 2.06. The zero-order chi connectivity index (χ0) is 15.4. The number of rotatable bonds is 3. The fourth-order valence-corrected chi connectivity index (χ4v) is 3.69. The van der Waals surface area contributed by atoms with Crippen LogP contribution in [0, 0.1) is 0 Å². The van der Waals surface area contributed by atoms with Gasteiger partial charge in [0, 0.05) is 18.5 Å². The van der Waals surface area contributed by atoms with Crippen LogP contribution in [0.5, 0.6) is 0 Å². The van der Waals surface area contributed by atoms with Gasteiger partial charge in [0.15, 0.2) is 0 Å². The number of carbonyl (C=O) groups excluding carboxylic acids is 1. The molecular weight excluding hydrogens is 312 g/mol. The van der Waals surface area contributed by atoms with Crippen LogP contribution in [0.2, 0.25) is 4.34 Å². The SMILES string of the molecule is CN(Cc1ccc(Cl)s1)C(=O)N1CCCCCC1C(=O)O. The second kappa shape index (κ2) is 7.13. The van der Waals surface area contributed by atoms with Crippen LogP contribution in [0.25, 0.3) is 0 Å². The molecule has 1 unspecified atom stereocenters. The lowest BCUT2D eigenvalue weighted by Crippen LogP contribution is -2.49. The number of hydrogen-bond donors (Lipinski definition) is 1. The van der Waals surface area contributed by atoms with Gasteiger partial charge in [-0.05, 0) is 25.0 Å². The van der Waals surface area contributed by atoms with Gasteiger partial charge in [0.25, 0.3) is 0 Å². The maximum absolute atomic E-state index is 12.5. The van der Waals surface area contributed by atoms with Gasteiger partial charge >= 0.3 is 12.0 Å². The summed E-state index contributed by atoms with van der Waals surface area (Å²) in [5.74, 6) is -0.919. The standard InChI is InChI=1S/C14H19ClN2O3S/c1-16(9-10-6-7-12(15)21-10)14(20)17-8-4-2-3-5-11(17)13(18)19/h6-7,11H,2-5,8-9H2,1H3,(H,18,19). The number of carboxylic acids is 1. The van der Waals surface area contributed by atoms with Crippen LogP contribution in [-0.4, -0.2) is 46.5 Å². The van der Waals surface area contributed by atoms with Gasteiger partial charge in [0.2, 0.25) is 0 Å². The van der Waals surface area contributed by atoms with Gasteiger partial charge in [-0.1, -0.05) is 24.4 Å². The average molecular weight is 331 g/mol. The summed E-state index contributed by atoms with van der Waals surface area (Å²) in [5.41, 5.74) is 0. The van der Waals surface area contributed by atoms with Gasteiger partial charge in [-0.25, -0.2) is 9.59 Å². The van der Waals surface area contributed by atoms with Crippen molar-refractivity contribution in [2.24, 2.45) is 0 Å². The summed E-state index contributed by atoms with van der Waals surface area (Å²) >= 11 is 7.31. The lowest BCUT2D eigenvalue weighted by atomic mass is 10.1. The number of amides is 2. The van der Waals surface area contributed by atoms with Crippen LogP contribution in [-0.2, 0) is 11.3 Å². The van der Waals surface area contributed by atoms with E-state index in [-0.39, 0.29) is 6.03 Å². The molecule has 0 saturated carbocycles. The first-order chi connectivity index (χ1) is 9.99. The first-order valence-electron chi connectivity index (χ1n) is 6.98. The van der Waals surface area contributed by atoms with Crippen molar-refractivity contribution < 1.29 is 14.7 Å². The van der Waals surface area contributed by atoms with Crippen molar-refractivity contribution in [2.75, 3.05) is 13.6 Å². The normalized spacial score (nSPS) is 19.1. The van der Waals surface area contributed by atoms with E-state index in [0.29, 0.717) is 23.8 Å². The van der Waals surface area contributed by atoms with E-state index in [1.54, 1.807) is 18.0 Å². The number of carboxylic acid groups (broad SMARTS) is 1. The van der Waals surface area contributed by atoms with E-state index >= 15 is 0 Å². The second-order valence-electron chi connectivity index (χ2n) is 5.24. The van der Waals surface area contributed by atoms with Crippen LogP contribution >= 0.6 is 22.9 Å². The van der Waals surface area contributed by atoms with E-state index in [2.05, 4.69) is 0 Å². The molecule has 0 spiro atoms. The molecule has 1 atom stereocenters. The molecule has 1 saturated heterocycles. The lowest BCUT2D eigenvalue weighted by molar-refractivity contribution is -0.142. The predicted octanol–water partition coefficient (Wildman–Crippen LogP) is 3.28. The average Bonchev–Trinajstić information content (AvgIpc) is 2.71. The molecule has 0 radical (unpaired) electrons. The molecule has 1 aliphatic rings.